The summed E-state index contributed by atoms with van der Waals surface area (Å²) < 4.78 is 6.42. The molecule has 2 amide bonds. The highest BCUT2D eigenvalue weighted by atomic mass is 127. The van der Waals surface area contributed by atoms with Crippen molar-refractivity contribution in [1.29, 1.82) is 0 Å². The van der Waals surface area contributed by atoms with Gasteiger partial charge in [-0.2, -0.15) is 11.8 Å². The van der Waals surface area contributed by atoms with Gasteiger partial charge in [0.15, 0.2) is 0 Å². The lowest BCUT2D eigenvalue weighted by molar-refractivity contribution is -0.139. The van der Waals surface area contributed by atoms with E-state index in [1.165, 1.54) is 4.90 Å². The Hall–Kier alpha value is -1.22. The molecule has 0 fully saturated rings. The maximum absolute atomic E-state index is 12.6. The summed E-state index contributed by atoms with van der Waals surface area (Å²) in [7, 11) is 1.65. The van der Waals surface area contributed by atoms with Gasteiger partial charge in [-0.3, -0.25) is 0 Å². The van der Waals surface area contributed by atoms with E-state index in [0.29, 0.717) is 17.9 Å². The van der Waals surface area contributed by atoms with Gasteiger partial charge in [0, 0.05) is 22.1 Å². The van der Waals surface area contributed by atoms with Crippen LogP contribution < -0.4 is 5.32 Å². The Bertz CT molecular complexity index is 663. The van der Waals surface area contributed by atoms with Gasteiger partial charge in [-0.25, -0.2) is 9.59 Å². The molecule has 0 spiro atoms. The highest BCUT2D eigenvalue weighted by molar-refractivity contribution is 14.1. The zero-order valence-corrected chi connectivity index (χ0v) is 16.9. The first kappa shape index (κ1) is 19.1. The average molecular weight is 460 g/mol. The molecule has 0 aliphatic carbocycles. The van der Waals surface area contributed by atoms with Gasteiger partial charge in [-0.05, 0) is 46.9 Å². The summed E-state index contributed by atoms with van der Waals surface area (Å²) in [5.41, 5.74) is 2.01. The molecule has 1 atom stereocenters. The monoisotopic (exact) mass is 460 g/mol. The molecule has 5 nitrogen and oxygen atoms in total. The fourth-order valence-electron chi connectivity index (χ4n) is 2.46. The molecule has 1 N–H and O–H groups in total. The molecule has 1 unspecified atom stereocenters. The van der Waals surface area contributed by atoms with Crippen molar-refractivity contribution in [2.75, 3.05) is 25.2 Å². The van der Waals surface area contributed by atoms with Crippen LogP contribution in [0.15, 0.2) is 35.5 Å². The fraction of sp³-hybridized carbons (Fsp3) is 0.412. The quantitative estimate of drug-likeness (QED) is 0.401. The molecule has 1 aromatic rings. The number of allylic oxidation sites excluding steroid dienone is 1. The molecule has 130 valence electrons. The summed E-state index contributed by atoms with van der Waals surface area (Å²) in [5, 5.41) is 2.90. The second kappa shape index (κ2) is 8.75. The first-order valence-corrected chi connectivity index (χ1v) is 9.95. The van der Waals surface area contributed by atoms with Crippen molar-refractivity contribution in [3.8, 4) is 0 Å². The first-order chi connectivity index (χ1) is 11.5. The summed E-state index contributed by atoms with van der Waals surface area (Å²) in [6.07, 6.45) is 0. The Balaban J connectivity index is 2.32. The Morgan fingerprint density at radius 3 is 2.79 bits per heavy atom. The SMILES string of the molecule is CCSCCOC(=O)C1=C(C)N(C)C(=O)NC1c1ccccc1I. The second-order valence-electron chi connectivity index (χ2n) is 5.29. The number of halogens is 1. The van der Waals surface area contributed by atoms with Crippen LogP contribution in [-0.4, -0.2) is 42.1 Å². The van der Waals surface area contributed by atoms with Crippen LogP contribution in [0.1, 0.15) is 25.5 Å². The van der Waals surface area contributed by atoms with Gasteiger partial charge < -0.3 is 15.0 Å². The minimum atomic E-state index is -0.492. The molecule has 2 rings (SSSR count). The normalized spacial score (nSPS) is 17.8. The number of nitrogens with zero attached hydrogens (tertiary/aromatic N) is 1. The Morgan fingerprint density at radius 2 is 2.12 bits per heavy atom. The summed E-state index contributed by atoms with van der Waals surface area (Å²) in [6, 6.07) is 6.99. The van der Waals surface area contributed by atoms with E-state index in [4.69, 9.17) is 4.74 Å². The summed E-state index contributed by atoms with van der Waals surface area (Å²) in [5.74, 6) is 1.38. The molecule has 0 radical (unpaired) electrons. The average Bonchev–Trinajstić information content (AvgIpc) is 2.56. The molecular formula is C17H21IN2O3S. The number of carbonyl (C=O) groups excluding carboxylic acids is 2. The lowest BCUT2D eigenvalue weighted by Crippen LogP contribution is -2.46. The van der Waals surface area contributed by atoms with E-state index in [1.54, 1.807) is 25.7 Å². The topological polar surface area (TPSA) is 58.6 Å². The molecule has 1 aliphatic heterocycles. The van der Waals surface area contributed by atoms with Crippen LogP contribution in [0.4, 0.5) is 4.79 Å². The zero-order chi connectivity index (χ0) is 17.7. The Kier molecular flexibility index (Phi) is 6.97. The van der Waals surface area contributed by atoms with Gasteiger partial charge >= 0.3 is 12.0 Å². The zero-order valence-electron chi connectivity index (χ0n) is 14.0. The minimum absolute atomic E-state index is 0.227. The molecule has 1 heterocycles. The Labute approximate surface area is 160 Å². The molecular weight excluding hydrogens is 439 g/mol. The van der Waals surface area contributed by atoms with E-state index < -0.39 is 6.04 Å². The molecule has 0 saturated heterocycles. The maximum Gasteiger partial charge on any atom is 0.338 e. The molecule has 24 heavy (non-hydrogen) atoms. The number of hydrogen-bond donors (Lipinski definition) is 1. The van der Waals surface area contributed by atoms with Crippen LogP contribution >= 0.6 is 34.4 Å². The number of thioether (sulfide) groups is 1. The van der Waals surface area contributed by atoms with Crippen molar-refractivity contribution in [3.05, 3.63) is 44.7 Å². The summed E-state index contributed by atoms with van der Waals surface area (Å²) >= 11 is 3.94. The standard InChI is InChI=1S/C17H21IN2O3S/c1-4-24-10-9-23-16(21)14-11(2)20(3)17(22)19-15(14)12-7-5-6-8-13(12)18/h5-8,15H,4,9-10H2,1-3H3,(H,19,22). The number of esters is 1. The second-order valence-corrected chi connectivity index (χ2v) is 7.85. The van der Waals surface area contributed by atoms with Crippen LogP contribution in [0.5, 0.6) is 0 Å². The van der Waals surface area contributed by atoms with Crippen molar-refractivity contribution < 1.29 is 14.3 Å². The third-order valence-corrected chi connectivity index (χ3v) is 5.70. The van der Waals surface area contributed by atoms with E-state index in [9.17, 15) is 9.59 Å². The first-order valence-electron chi connectivity index (χ1n) is 7.71. The maximum atomic E-state index is 12.6. The van der Waals surface area contributed by atoms with Crippen molar-refractivity contribution in [1.82, 2.24) is 10.2 Å². The van der Waals surface area contributed by atoms with Crippen LogP contribution in [-0.2, 0) is 9.53 Å². The van der Waals surface area contributed by atoms with E-state index in [1.807, 2.05) is 24.3 Å². The van der Waals surface area contributed by atoms with Crippen LogP contribution in [0.25, 0.3) is 0 Å². The number of urea groups is 1. The van der Waals surface area contributed by atoms with Gasteiger partial charge in [0.05, 0.1) is 11.6 Å². The number of amides is 2. The van der Waals surface area contributed by atoms with E-state index >= 15 is 0 Å². The van der Waals surface area contributed by atoms with E-state index in [0.717, 1.165) is 20.6 Å². The van der Waals surface area contributed by atoms with Crippen molar-refractivity contribution in [2.24, 2.45) is 0 Å². The van der Waals surface area contributed by atoms with E-state index in [-0.39, 0.29) is 12.0 Å². The number of benzene rings is 1. The lowest BCUT2D eigenvalue weighted by atomic mass is 9.95. The highest BCUT2D eigenvalue weighted by Gasteiger charge is 2.35. The van der Waals surface area contributed by atoms with Gasteiger partial charge in [-0.15, -0.1) is 0 Å². The fourth-order valence-corrected chi connectivity index (χ4v) is 3.65. The Morgan fingerprint density at radius 1 is 1.42 bits per heavy atom. The third-order valence-electron chi connectivity index (χ3n) is 3.86. The molecule has 0 bridgehead atoms. The summed E-state index contributed by atoms with van der Waals surface area (Å²) in [4.78, 5) is 26.3. The largest absolute Gasteiger partial charge is 0.461 e. The predicted molar refractivity (Wildman–Crippen MR) is 105 cm³/mol. The van der Waals surface area contributed by atoms with Gasteiger partial charge in [0.1, 0.15) is 6.61 Å². The molecule has 0 saturated carbocycles. The number of nitrogens with one attached hydrogen (secondary N) is 1. The number of carbonyl (C=O) groups is 2. The predicted octanol–water partition coefficient (Wildman–Crippen LogP) is 3.56. The van der Waals surface area contributed by atoms with Gasteiger partial charge in [0.25, 0.3) is 0 Å². The number of rotatable bonds is 6. The number of ether oxygens (including phenoxy) is 1. The van der Waals surface area contributed by atoms with Crippen LogP contribution in [0.2, 0.25) is 0 Å². The molecule has 1 aliphatic rings. The van der Waals surface area contributed by atoms with Crippen molar-refractivity contribution in [2.45, 2.75) is 19.9 Å². The minimum Gasteiger partial charge on any atom is -0.461 e. The number of hydrogen-bond acceptors (Lipinski definition) is 4. The molecule has 0 aromatic heterocycles. The lowest BCUT2D eigenvalue weighted by Gasteiger charge is -2.33. The molecule has 1 aromatic carbocycles. The summed E-state index contributed by atoms with van der Waals surface area (Å²) in [6.45, 7) is 4.21. The van der Waals surface area contributed by atoms with Crippen LogP contribution in [0, 0.1) is 3.57 Å². The van der Waals surface area contributed by atoms with Crippen molar-refractivity contribution >= 4 is 46.4 Å². The third kappa shape index (κ3) is 4.24. The van der Waals surface area contributed by atoms with Crippen molar-refractivity contribution in [3.63, 3.8) is 0 Å². The molecule has 7 heteroatoms. The van der Waals surface area contributed by atoms with E-state index in [2.05, 4.69) is 34.8 Å². The van der Waals surface area contributed by atoms with Crippen LogP contribution in [0.3, 0.4) is 0 Å². The smallest absolute Gasteiger partial charge is 0.338 e. The van der Waals surface area contributed by atoms with Gasteiger partial charge in [-0.1, -0.05) is 25.1 Å². The highest BCUT2D eigenvalue weighted by Crippen LogP contribution is 2.32. The van der Waals surface area contributed by atoms with Gasteiger partial charge in [0.2, 0.25) is 0 Å².